The van der Waals surface area contributed by atoms with Crippen LogP contribution in [0.5, 0.6) is 0 Å². The van der Waals surface area contributed by atoms with Crippen LogP contribution in [0.25, 0.3) is 16.6 Å². The van der Waals surface area contributed by atoms with Gasteiger partial charge in [0, 0.05) is 16.2 Å². The molecule has 4 aromatic rings. The van der Waals surface area contributed by atoms with Gasteiger partial charge in [-0.1, -0.05) is 28.1 Å². The zero-order valence-electron chi connectivity index (χ0n) is 14.9. The lowest BCUT2D eigenvalue weighted by Crippen LogP contribution is -2.29. The van der Waals surface area contributed by atoms with Crippen LogP contribution in [0.4, 0.5) is 5.69 Å². The molecule has 27 heavy (non-hydrogen) atoms. The summed E-state index contributed by atoms with van der Waals surface area (Å²) < 4.78 is 4.12. The third kappa shape index (κ3) is 3.14. The van der Waals surface area contributed by atoms with Gasteiger partial charge in [0.25, 0.3) is 5.56 Å². The number of aromatic nitrogens is 3. The number of nitrogens with zero attached hydrogens (tertiary/aromatic N) is 3. The molecule has 4 rings (SSSR count). The van der Waals surface area contributed by atoms with Crippen molar-refractivity contribution < 1.29 is 4.79 Å². The predicted molar refractivity (Wildman–Crippen MR) is 109 cm³/mol. The van der Waals surface area contributed by atoms with Gasteiger partial charge in [0.15, 0.2) is 0 Å². The highest BCUT2D eigenvalue weighted by atomic mass is 79.9. The molecule has 0 aliphatic carbocycles. The summed E-state index contributed by atoms with van der Waals surface area (Å²) in [6.07, 6.45) is 0. The number of aryl methyl sites for hydroxylation is 2. The molecule has 0 atom stereocenters. The van der Waals surface area contributed by atoms with Gasteiger partial charge in [0.1, 0.15) is 12.2 Å². The van der Waals surface area contributed by atoms with Gasteiger partial charge in [0.05, 0.1) is 16.6 Å². The zero-order chi connectivity index (χ0) is 19.1. The number of anilines is 1. The normalized spacial score (nSPS) is 11.2. The van der Waals surface area contributed by atoms with Crippen LogP contribution in [0, 0.1) is 13.8 Å². The van der Waals surface area contributed by atoms with Crippen molar-refractivity contribution in [3.05, 3.63) is 74.6 Å². The van der Waals surface area contributed by atoms with Gasteiger partial charge in [-0.3, -0.25) is 14.2 Å². The molecule has 6 nitrogen and oxygen atoms in total. The van der Waals surface area contributed by atoms with Crippen LogP contribution in [0.1, 0.15) is 11.3 Å². The Kier molecular flexibility index (Phi) is 4.31. The lowest BCUT2D eigenvalue weighted by atomic mass is 10.2. The second kappa shape index (κ2) is 6.66. The van der Waals surface area contributed by atoms with Crippen LogP contribution in [0.15, 0.2) is 57.8 Å². The minimum Gasteiger partial charge on any atom is -0.324 e. The lowest BCUT2D eigenvalue weighted by Gasteiger charge is -2.12. The number of hydrogen-bond donors (Lipinski definition) is 1. The Morgan fingerprint density at radius 2 is 1.93 bits per heavy atom. The molecule has 0 fully saturated rings. The molecular formula is C20H17BrN4O2. The highest BCUT2D eigenvalue weighted by Crippen LogP contribution is 2.20. The van der Waals surface area contributed by atoms with E-state index < -0.39 is 0 Å². The summed E-state index contributed by atoms with van der Waals surface area (Å²) in [7, 11) is 0. The Morgan fingerprint density at radius 3 is 2.70 bits per heavy atom. The molecule has 2 heterocycles. The Bertz CT molecular complexity index is 1260. The number of rotatable bonds is 3. The molecule has 0 radical (unpaired) electrons. The first-order valence-corrected chi connectivity index (χ1v) is 9.27. The van der Waals surface area contributed by atoms with Gasteiger partial charge in [-0.25, -0.2) is 4.52 Å². The van der Waals surface area contributed by atoms with Gasteiger partial charge in [-0.2, -0.15) is 5.10 Å². The number of hydrogen-bond acceptors (Lipinski definition) is 3. The van der Waals surface area contributed by atoms with Crippen molar-refractivity contribution in [3.8, 4) is 0 Å². The molecule has 0 saturated heterocycles. The van der Waals surface area contributed by atoms with Crippen molar-refractivity contribution >= 4 is 44.1 Å². The summed E-state index contributed by atoms with van der Waals surface area (Å²) in [5.74, 6) is -0.265. The first-order valence-electron chi connectivity index (χ1n) is 8.48. The second-order valence-corrected chi connectivity index (χ2v) is 7.39. The fraction of sp³-hybridized carbons (Fsp3) is 0.150. The summed E-state index contributed by atoms with van der Waals surface area (Å²) >= 11 is 3.41. The van der Waals surface area contributed by atoms with Gasteiger partial charge < -0.3 is 5.32 Å². The largest absolute Gasteiger partial charge is 0.324 e. The highest BCUT2D eigenvalue weighted by molar-refractivity contribution is 9.10. The number of amides is 1. The maximum Gasteiger partial charge on any atom is 0.262 e. The maximum atomic E-state index is 13.0. The molecule has 0 aliphatic rings. The molecule has 0 aliphatic heterocycles. The first-order chi connectivity index (χ1) is 12.9. The third-order valence-corrected chi connectivity index (χ3v) is 4.95. The van der Waals surface area contributed by atoms with E-state index in [2.05, 4.69) is 26.3 Å². The number of halogens is 1. The SMILES string of the molecule is Cc1cc2n(CC(=O)Nc3ccc(Br)cc3C)c(=O)c3ccccc3n2n1. The Labute approximate surface area is 163 Å². The molecule has 0 bridgehead atoms. The Balaban J connectivity index is 1.77. The molecule has 1 N–H and O–H groups in total. The van der Waals surface area contributed by atoms with Gasteiger partial charge >= 0.3 is 0 Å². The molecule has 0 spiro atoms. The van der Waals surface area contributed by atoms with E-state index in [0.29, 0.717) is 11.0 Å². The fourth-order valence-corrected chi connectivity index (χ4v) is 3.67. The van der Waals surface area contributed by atoms with E-state index in [4.69, 9.17) is 0 Å². The number of carbonyl (C=O) groups excluding carboxylic acids is 1. The molecule has 7 heteroatoms. The van der Waals surface area contributed by atoms with E-state index >= 15 is 0 Å². The van der Waals surface area contributed by atoms with Crippen molar-refractivity contribution in [2.45, 2.75) is 20.4 Å². The zero-order valence-corrected chi connectivity index (χ0v) is 16.4. The Hall–Kier alpha value is -2.93. The van der Waals surface area contributed by atoms with Gasteiger partial charge in [-0.05, 0) is 49.7 Å². The summed E-state index contributed by atoms with van der Waals surface area (Å²) in [6.45, 7) is 3.69. The quantitative estimate of drug-likeness (QED) is 0.545. The molecule has 2 aromatic carbocycles. The summed E-state index contributed by atoms with van der Waals surface area (Å²) in [6, 6.07) is 14.7. The van der Waals surface area contributed by atoms with Gasteiger partial charge in [0.2, 0.25) is 5.91 Å². The van der Waals surface area contributed by atoms with Crippen LogP contribution in [-0.2, 0) is 11.3 Å². The van der Waals surface area contributed by atoms with Crippen molar-refractivity contribution in [2.24, 2.45) is 0 Å². The topological polar surface area (TPSA) is 68.4 Å². The van der Waals surface area contributed by atoms with E-state index in [1.165, 1.54) is 4.57 Å². The number of benzene rings is 2. The standard InChI is InChI=1S/C20H17BrN4O2/c1-12-9-14(21)7-8-16(12)22-18(26)11-24-19-10-13(2)23-25(19)17-6-4-3-5-15(17)20(24)27/h3-10H,11H2,1-2H3,(H,22,26). The first kappa shape index (κ1) is 17.5. The smallest absolute Gasteiger partial charge is 0.262 e. The van der Waals surface area contributed by atoms with Crippen molar-refractivity contribution in [2.75, 3.05) is 5.32 Å². The summed E-state index contributed by atoms with van der Waals surface area (Å²) in [5, 5.41) is 7.89. The fourth-order valence-electron chi connectivity index (χ4n) is 3.20. The molecular weight excluding hydrogens is 408 g/mol. The van der Waals surface area contributed by atoms with Crippen LogP contribution >= 0.6 is 15.9 Å². The maximum absolute atomic E-state index is 13.0. The minimum atomic E-state index is -0.265. The van der Waals surface area contributed by atoms with E-state index in [9.17, 15) is 9.59 Å². The van der Waals surface area contributed by atoms with Crippen molar-refractivity contribution in [3.63, 3.8) is 0 Å². The highest BCUT2D eigenvalue weighted by Gasteiger charge is 2.15. The van der Waals surface area contributed by atoms with Gasteiger partial charge in [-0.15, -0.1) is 0 Å². The monoisotopic (exact) mass is 424 g/mol. The van der Waals surface area contributed by atoms with Crippen LogP contribution in [0.3, 0.4) is 0 Å². The number of para-hydroxylation sites is 1. The number of fused-ring (bicyclic) bond motifs is 3. The number of nitrogens with one attached hydrogen (secondary N) is 1. The molecule has 0 unspecified atom stereocenters. The molecule has 0 saturated carbocycles. The minimum absolute atomic E-state index is 0.0895. The summed E-state index contributed by atoms with van der Waals surface area (Å²) in [5.41, 5.74) is 3.56. The van der Waals surface area contributed by atoms with Crippen molar-refractivity contribution in [1.82, 2.24) is 14.2 Å². The van der Waals surface area contributed by atoms with E-state index in [1.54, 1.807) is 10.6 Å². The van der Waals surface area contributed by atoms with Crippen molar-refractivity contribution in [1.29, 1.82) is 0 Å². The molecule has 1 amide bonds. The predicted octanol–water partition coefficient (Wildman–Crippen LogP) is 3.67. The molecule has 136 valence electrons. The average molecular weight is 425 g/mol. The Morgan fingerprint density at radius 1 is 1.15 bits per heavy atom. The average Bonchev–Trinajstić information content (AvgIpc) is 3.03. The van der Waals surface area contributed by atoms with Crippen LogP contribution in [0.2, 0.25) is 0 Å². The van der Waals surface area contributed by atoms with E-state index in [1.807, 2.05) is 56.3 Å². The van der Waals surface area contributed by atoms with Crippen LogP contribution < -0.4 is 10.9 Å². The third-order valence-electron chi connectivity index (χ3n) is 4.46. The summed E-state index contributed by atoms with van der Waals surface area (Å²) in [4.78, 5) is 25.6. The molecule has 2 aromatic heterocycles. The van der Waals surface area contributed by atoms with Crippen LogP contribution in [-0.4, -0.2) is 20.1 Å². The van der Waals surface area contributed by atoms with E-state index in [-0.39, 0.29) is 18.0 Å². The second-order valence-electron chi connectivity index (χ2n) is 6.47. The number of carbonyl (C=O) groups is 1. The van der Waals surface area contributed by atoms with E-state index in [0.717, 1.165) is 26.9 Å². The lowest BCUT2D eigenvalue weighted by molar-refractivity contribution is -0.116.